The maximum Gasteiger partial charge on any atom is 0.272 e. The van der Waals surface area contributed by atoms with Crippen LogP contribution in [0.1, 0.15) is 17.4 Å². The number of aromatic nitrogens is 1. The molecule has 0 N–H and O–H groups in total. The Morgan fingerprint density at radius 1 is 1.32 bits per heavy atom. The fourth-order valence-corrected chi connectivity index (χ4v) is 2.44. The Morgan fingerprint density at radius 3 is 2.68 bits per heavy atom. The molecule has 0 bridgehead atoms. The maximum absolute atomic E-state index is 12.6. The first kappa shape index (κ1) is 16.7. The Labute approximate surface area is 132 Å². The monoisotopic (exact) mass is 306 g/mol. The molecule has 0 atom stereocenters. The second kappa shape index (κ2) is 8.10. The van der Waals surface area contributed by atoms with Gasteiger partial charge in [0.2, 0.25) is 0 Å². The van der Waals surface area contributed by atoms with Crippen molar-refractivity contribution in [3.8, 4) is 0 Å². The summed E-state index contributed by atoms with van der Waals surface area (Å²) in [6, 6.07) is 3.85. The zero-order valence-electron chi connectivity index (χ0n) is 13.8. The fourth-order valence-electron chi connectivity index (χ4n) is 2.44. The van der Waals surface area contributed by atoms with Gasteiger partial charge in [-0.3, -0.25) is 9.78 Å². The molecule has 6 heteroatoms. The Bertz CT molecular complexity index is 487. The largest absolute Gasteiger partial charge is 0.378 e. The van der Waals surface area contributed by atoms with Gasteiger partial charge < -0.3 is 19.4 Å². The van der Waals surface area contributed by atoms with Crippen molar-refractivity contribution in [3.05, 3.63) is 24.0 Å². The normalized spacial score (nSPS) is 15.2. The minimum atomic E-state index is -0.000501. The van der Waals surface area contributed by atoms with E-state index in [1.165, 1.54) is 0 Å². The summed E-state index contributed by atoms with van der Waals surface area (Å²) < 4.78 is 5.37. The molecule has 2 rings (SSSR count). The van der Waals surface area contributed by atoms with E-state index < -0.39 is 0 Å². The van der Waals surface area contributed by atoms with Crippen LogP contribution in [0, 0.1) is 0 Å². The zero-order chi connectivity index (χ0) is 15.9. The number of morpholine rings is 1. The smallest absolute Gasteiger partial charge is 0.272 e. The molecule has 0 saturated carbocycles. The van der Waals surface area contributed by atoms with Crippen molar-refractivity contribution < 1.29 is 9.53 Å². The van der Waals surface area contributed by atoms with Gasteiger partial charge in [-0.05, 0) is 33.2 Å². The first-order chi connectivity index (χ1) is 10.6. The van der Waals surface area contributed by atoms with Crippen LogP contribution in [0.3, 0.4) is 0 Å². The topological polar surface area (TPSA) is 48.9 Å². The average Bonchev–Trinajstić information content (AvgIpc) is 2.56. The van der Waals surface area contributed by atoms with Gasteiger partial charge in [0.1, 0.15) is 5.69 Å². The summed E-state index contributed by atoms with van der Waals surface area (Å²) >= 11 is 0. The average molecular weight is 306 g/mol. The van der Waals surface area contributed by atoms with Gasteiger partial charge in [-0.2, -0.15) is 0 Å². The number of amides is 1. The van der Waals surface area contributed by atoms with Crippen molar-refractivity contribution in [1.29, 1.82) is 0 Å². The Hall–Kier alpha value is -1.66. The number of rotatable bonds is 6. The minimum Gasteiger partial charge on any atom is -0.378 e. The van der Waals surface area contributed by atoms with Crippen LogP contribution in [0.15, 0.2) is 18.3 Å². The van der Waals surface area contributed by atoms with E-state index in [9.17, 15) is 4.79 Å². The lowest BCUT2D eigenvalue weighted by atomic mass is 10.2. The number of ether oxygens (including phenoxy) is 1. The first-order valence-corrected chi connectivity index (χ1v) is 7.84. The zero-order valence-corrected chi connectivity index (χ0v) is 13.8. The van der Waals surface area contributed by atoms with Crippen molar-refractivity contribution in [2.45, 2.75) is 6.92 Å². The molecule has 1 aliphatic rings. The summed E-state index contributed by atoms with van der Waals surface area (Å²) in [5, 5.41) is 0. The van der Waals surface area contributed by atoms with Crippen LogP contribution in [-0.4, -0.2) is 80.7 Å². The van der Waals surface area contributed by atoms with Crippen molar-refractivity contribution >= 4 is 11.6 Å². The van der Waals surface area contributed by atoms with Crippen LogP contribution < -0.4 is 4.90 Å². The summed E-state index contributed by atoms with van der Waals surface area (Å²) in [4.78, 5) is 23.0. The number of nitrogens with zero attached hydrogens (tertiary/aromatic N) is 4. The molecule has 0 aliphatic carbocycles. The summed E-state index contributed by atoms with van der Waals surface area (Å²) in [6.45, 7) is 7.43. The van der Waals surface area contributed by atoms with Gasteiger partial charge in [0.15, 0.2) is 0 Å². The highest BCUT2D eigenvalue weighted by molar-refractivity contribution is 5.93. The molecule has 1 aromatic rings. The molecular formula is C16H26N4O2. The molecule has 122 valence electrons. The molecule has 0 unspecified atom stereocenters. The SMILES string of the molecule is CCN(CCN(C)C)C(=O)c1cc(N2CCOCC2)ccn1. The summed E-state index contributed by atoms with van der Waals surface area (Å²) in [7, 11) is 4.02. The van der Waals surface area contributed by atoms with Crippen LogP contribution in [0.5, 0.6) is 0 Å². The lowest BCUT2D eigenvalue weighted by Crippen LogP contribution is -2.38. The van der Waals surface area contributed by atoms with Gasteiger partial charge in [-0.1, -0.05) is 0 Å². The van der Waals surface area contributed by atoms with Crippen molar-refractivity contribution in [1.82, 2.24) is 14.8 Å². The summed E-state index contributed by atoms with van der Waals surface area (Å²) in [5.41, 5.74) is 1.56. The van der Waals surface area contributed by atoms with Gasteiger partial charge in [-0.15, -0.1) is 0 Å². The number of anilines is 1. The quantitative estimate of drug-likeness (QED) is 0.783. The molecule has 2 heterocycles. The van der Waals surface area contributed by atoms with E-state index >= 15 is 0 Å². The Morgan fingerprint density at radius 2 is 2.05 bits per heavy atom. The van der Waals surface area contributed by atoms with Crippen LogP contribution >= 0.6 is 0 Å². The molecule has 1 amide bonds. The molecular weight excluding hydrogens is 280 g/mol. The van der Waals surface area contributed by atoms with Gasteiger partial charge in [0, 0.05) is 44.6 Å². The number of carbonyl (C=O) groups is 1. The van der Waals surface area contributed by atoms with E-state index in [-0.39, 0.29) is 5.91 Å². The summed E-state index contributed by atoms with van der Waals surface area (Å²) in [6.07, 6.45) is 1.72. The number of carbonyl (C=O) groups excluding carboxylic acids is 1. The van der Waals surface area contributed by atoms with Crippen molar-refractivity contribution in [2.75, 3.05) is 64.9 Å². The predicted molar refractivity (Wildman–Crippen MR) is 87.4 cm³/mol. The second-order valence-corrected chi connectivity index (χ2v) is 5.69. The third kappa shape index (κ3) is 4.42. The molecule has 0 aromatic carbocycles. The highest BCUT2D eigenvalue weighted by Gasteiger charge is 2.18. The van der Waals surface area contributed by atoms with Crippen molar-refractivity contribution in [2.24, 2.45) is 0 Å². The standard InChI is InChI=1S/C16H26N4O2/c1-4-19(8-7-18(2)3)16(21)15-13-14(5-6-17-15)20-9-11-22-12-10-20/h5-6,13H,4,7-12H2,1-3H3. The number of hydrogen-bond donors (Lipinski definition) is 0. The van der Waals surface area contributed by atoms with E-state index in [4.69, 9.17) is 4.74 Å². The first-order valence-electron chi connectivity index (χ1n) is 7.84. The minimum absolute atomic E-state index is 0.000501. The van der Waals surface area contributed by atoms with E-state index in [1.54, 1.807) is 6.20 Å². The third-order valence-corrected chi connectivity index (χ3v) is 3.82. The highest BCUT2D eigenvalue weighted by Crippen LogP contribution is 2.17. The van der Waals surface area contributed by atoms with Crippen LogP contribution in [0.2, 0.25) is 0 Å². The molecule has 6 nitrogen and oxygen atoms in total. The third-order valence-electron chi connectivity index (χ3n) is 3.82. The van der Waals surface area contributed by atoms with Crippen molar-refractivity contribution in [3.63, 3.8) is 0 Å². The highest BCUT2D eigenvalue weighted by atomic mass is 16.5. The second-order valence-electron chi connectivity index (χ2n) is 5.69. The van der Waals surface area contributed by atoms with E-state index in [2.05, 4.69) is 14.8 Å². The van der Waals surface area contributed by atoms with Gasteiger partial charge >= 0.3 is 0 Å². The van der Waals surface area contributed by atoms with Crippen LogP contribution in [0.25, 0.3) is 0 Å². The van der Waals surface area contributed by atoms with E-state index in [1.807, 2.05) is 38.1 Å². The summed E-state index contributed by atoms with van der Waals surface area (Å²) in [5.74, 6) is -0.000501. The molecule has 0 spiro atoms. The van der Waals surface area contributed by atoms with E-state index in [0.717, 1.165) is 38.5 Å². The molecule has 1 fully saturated rings. The maximum atomic E-state index is 12.6. The lowest BCUT2D eigenvalue weighted by molar-refractivity contribution is 0.0748. The van der Waals surface area contributed by atoms with Crippen LogP contribution in [0.4, 0.5) is 5.69 Å². The number of hydrogen-bond acceptors (Lipinski definition) is 5. The molecule has 22 heavy (non-hydrogen) atoms. The lowest BCUT2D eigenvalue weighted by Gasteiger charge is -2.29. The molecule has 1 saturated heterocycles. The van der Waals surface area contributed by atoms with Gasteiger partial charge in [0.25, 0.3) is 5.91 Å². The van der Waals surface area contributed by atoms with Gasteiger partial charge in [0.05, 0.1) is 13.2 Å². The number of pyridine rings is 1. The molecule has 1 aliphatic heterocycles. The Kier molecular flexibility index (Phi) is 6.15. The molecule has 0 radical (unpaired) electrons. The fraction of sp³-hybridized carbons (Fsp3) is 0.625. The number of likely N-dealkylation sites (N-methyl/N-ethyl adjacent to an activating group) is 2. The molecule has 1 aromatic heterocycles. The predicted octanol–water partition coefficient (Wildman–Crippen LogP) is 0.942. The van der Waals surface area contributed by atoms with Gasteiger partial charge in [-0.25, -0.2) is 0 Å². The van der Waals surface area contributed by atoms with Crippen LogP contribution in [-0.2, 0) is 4.74 Å². The Balaban J connectivity index is 2.08. The van der Waals surface area contributed by atoms with E-state index in [0.29, 0.717) is 18.8 Å².